The molecule has 0 aliphatic carbocycles. The average molecular weight is 264 g/mol. The summed E-state index contributed by atoms with van der Waals surface area (Å²) in [4.78, 5) is 15.3. The van der Waals surface area contributed by atoms with Gasteiger partial charge in [-0.3, -0.25) is 4.79 Å². The molecule has 6 nitrogen and oxygen atoms in total. The third kappa shape index (κ3) is 3.14. The molecule has 19 heavy (non-hydrogen) atoms. The van der Waals surface area contributed by atoms with Gasteiger partial charge in [-0.1, -0.05) is 6.92 Å². The molecule has 1 aromatic heterocycles. The zero-order valence-corrected chi connectivity index (χ0v) is 11.1. The second-order valence-corrected chi connectivity index (χ2v) is 4.77. The number of nitrogens with one attached hydrogen (secondary N) is 1. The molecule has 2 heterocycles. The minimum atomic E-state index is -0.543. The van der Waals surface area contributed by atoms with E-state index in [2.05, 4.69) is 17.2 Å². The summed E-state index contributed by atoms with van der Waals surface area (Å²) < 4.78 is 5.63. The SMILES string of the molecule is CCC1OCCC1CNc1cc(C(N)=O)c(N)cn1. The van der Waals surface area contributed by atoms with Crippen LogP contribution in [-0.2, 0) is 4.74 Å². The van der Waals surface area contributed by atoms with Crippen LogP contribution >= 0.6 is 0 Å². The number of carbonyl (C=O) groups excluding carboxylic acids is 1. The Morgan fingerprint density at radius 2 is 2.42 bits per heavy atom. The van der Waals surface area contributed by atoms with E-state index in [-0.39, 0.29) is 0 Å². The lowest BCUT2D eigenvalue weighted by Gasteiger charge is -2.17. The number of rotatable bonds is 5. The number of carbonyl (C=O) groups is 1. The van der Waals surface area contributed by atoms with Crippen molar-refractivity contribution in [3.05, 3.63) is 17.8 Å². The molecule has 0 bridgehead atoms. The van der Waals surface area contributed by atoms with Crippen LogP contribution < -0.4 is 16.8 Å². The Balaban J connectivity index is 2.00. The molecule has 0 aromatic carbocycles. The molecule has 0 spiro atoms. The molecule has 0 radical (unpaired) electrons. The number of ether oxygens (including phenoxy) is 1. The monoisotopic (exact) mass is 264 g/mol. The Morgan fingerprint density at radius 3 is 3.11 bits per heavy atom. The number of nitrogens with zero attached hydrogens (tertiary/aromatic N) is 1. The first-order chi connectivity index (χ1) is 9.11. The van der Waals surface area contributed by atoms with Gasteiger partial charge in [0.15, 0.2) is 0 Å². The molecule has 1 aliphatic rings. The first kappa shape index (κ1) is 13.6. The number of pyridine rings is 1. The Hall–Kier alpha value is -1.82. The van der Waals surface area contributed by atoms with E-state index in [0.717, 1.165) is 26.0 Å². The standard InChI is InChI=1S/C13H20N4O2/c1-2-11-8(3-4-19-11)6-16-12-5-9(13(15)18)10(14)7-17-12/h5,7-8,11H,2-4,6,14H2,1H3,(H2,15,18)(H,16,17). The molecule has 1 aromatic rings. The molecular weight excluding hydrogens is 244 g/mol. The molecule has 2 rings (SSSR count). The van der Waals surface area contributed by atoms with Crippen molar-refractivity contribution in [1.29, 1.82) is 0 Å². The molecule has 2 unspecified atom stereocenters. The normalized spacial score (nSPS) is 22.4. The number of nitrogen functional groups attached to an aromatic ring is 1. The molecule has 2 atom stereocenters. The molecule has 6 heteroatoms. The number of primary amides is 1. The zero-order chi connectivity index (χ0) is 13.8. The number of hydrogen-bond donors (Lipinski definition) is 3. The van der Waals surface area contributed by atoms with Crippen LogP contribution in [0.5, 0.6) is 0 Å². The summed E-state index contributed by atoms with van der Waals surface area (Å²) in [5.41, 5.74) is 11.5. The minimum Gasteiger partial charge on any atom is -0.397 e. The maximum absolute atomic E-state index is 11.2. The van der Waals surface area contributed by atoms with Gasteiger partial charge in [0.1, 0.15) is 5.82 Å². The van der Waals surface area contributed by atoms with E-state index in [4.69, 9.17) is 16.2 Å². The lowest BCUT2D eigenvalue weighted by molar-refractivity contribution is 0.0900. The summed E-state index contributed by atoms with van der Waals surface area (Å²) in [5, 5.41) is 3.22. The zero-order valence-electron chi connectivity index (χ0n) is 11.1. The quantitative estimate of drug-likeness (QED) is 0.735. The highest BCUT2D eigenvalue weighted by Crippen LogP contribution is 2.24. The summed E-state index contributed by atoms with van der Waals surface area (Å²) in [6, 6.07) is 1.59. The van der Waals surface area contributed by atoms with Crippen LogP contribution in [0.4, 0.5) is 11.5 Å². The fourth-order valence-electron chi connectivity index (χ4n) is 2.39. The van der Waals surface area contributed by atoms with Crippen molar-refractivity contribution in [3.63, 3.8) is 0 Å². The van der Waals surface area contributed by atoms with Crippen LogP contribution in [0.15, 0.2) is 12.3 Å². The van der Waals surface area contributed by atoms with Gasteiger partial charge in [0.05, 0.1) is 23.6 Å². The van der Waals surface area contributed by atoms with Crippen LogP contribution in [0, 0.1) is 5.92 Å². The first-order valence-corrected chi connectivity index (χ1v) is 6.52. The van der Waals surface area contributed by atoms with Crippen molar-refractivity contribution >= 4 is 17.4 Å². The molecule has 1 fully saturated rings. The second kappa shape index (κ2) is 5.88. The Bertz CT molecular complexity index is 464. The van der Waals surface area contributed by atoms with Gasteiger partial charge in [-0.2, -0.15) is 0 Å². The molecular formula is C13H20N4O2. The minimum absolute atomic E-state index is 0.298. The summed E-state index contributed by atoms with van der Waals surface area (Å²) >= 11 is 0. The predicted octanol–water partition coefficient (Wildman–Crippen LogP) is 0.990. The number of hydrogen-bond acceptors (Lipinski definition) is 5. The van der Waals surface area contributed by atoms with E-state index in [1.54, 1.807) is 6.07 Å². The number of nitrogens with two attached hydrogens (primary N) is 2. The summed E-state index contributed by atoms with van der Waals surface area (Å²) in [7, 11) is 0. The van der Waals surface area contributed by atoms with E-state index in [1.165, 1.54) is 6.20 Å². The highest BCUT2D eigenvalue weighted by molar-refractivity contribution is 5.98. The lowest BCUT2D eigenvalue weighted by atomic mass is 10.00. The van der Waals surface area contributed by atoms with Crippen molar-refractivity contribution < 1.29 is 9.53 Å². The Labute approximate surface area is 112 Å². The maximum Gasteiger partial charge on any atom is 0.250 e. The number of anilines is 2. The number of aromatic nitrogens is 1. The van der Waals surface area contributed by atoms with Gasteiger partial charge in [-0.05, 0) is 18.9 Å². The lowest BCUT2D eigenvalue weighted by Crippen LogP contribution is -2.23. The summed E-state index contributed by atoms with van der Waals surface area (Å²) in [6.07, 6.45) is 3.80. The maximum atomic E-state index is 11.2. The summed E-state index contributed by atoms with van der Waals surface area (Å²) in [6.45, 7) is 3.70. The van der Waals surface area contributed by atoms with E-state index in [9.17, 15) is 4.79 Å². The van der Waals surface area contributed by atoms with Crippen molar-refractivity contribution in [2.75, 3.05) is 24.2 Å². The molecule has 104 valence electrons. The van der Waals surface area contributed by atoms with Gasteiger partial charge in [0.25, 0.3) is 5.91 Å². The average Bonchev–Trinajstić information content (AvgIpc) is 2.84. The third-order valence-corrected chi connectivity index (χ3v) is 3.49. The molecule has 1 saturated heterocycles. The van der Waals surface area contributed by atoms with Crippen LogP contribution in [0.1, 0.15) is 30.1 Å². The van der Waals surface area contributed by atoms with Gasteiger partial charge in [0, 0.05) is 19.1 Å². The van der Waals surface area contributed by atoms with E-state index < -0.39 is 5.91 Å². The van der Waals surface area contributed by atoms with Crippen molar-refractivity contribution in [1.82, 2.24) is 4.98 Å². The summed E-state index contributed by atoms with van der Waals surface area (Å²) in [5.74, 6) is 0.546. The largest absolute Gasteiger partial charge is 0.397 e. The molecule has 5 N–H and O–H groups in total. The van der Waals surface area contributed by atoms with Gasteiger partial charge in [-0.15, -0.1) is 0 Å². The molecule has 1 aliphatic heterocycles. The molecule has 1 amide bonds. The Kier molecular flexibility index (Phi) is 4.21. The smallest absolute Gasteiger partial charge is 0.250 e. The van der Waals surface area contributed by atoms with Crippen LogP contribution in [0.3, 0.4) is 0 Å². The van der Waals surface area contributed by atoms with E-state index in [1.807, 2.05) is 0 Å². The van der Waals surface area contributed by atoms with Crippen molar-refractivity contribution in [2.24, 2.45) is 11.7 Å². The van der Waals surface area contributed by atoms with Gasteiger partial charge < -0.3 is 21.5 Å². The van der Waals surface area contributed by atoms with E-state index in [0.29, 0.717) is 29.1 Å². The fraction of sp³-hybridized carbons (Fsp3) is 0.538. The third-order valence-electron chi connectivity index (χ3n) is 3.49. The highest BCUT2D eigenvalue weighted by Gasteiger charge is 2.26. The molecule has 0 saturated carbocycles. The van der Waals surface area contributed by atoms with Crippen LogP contribution in [0.2, 0.25) is 0 Å². The van der Waals surface area contributed by atoms with Crippen LogP contribution in [-0.4, -0.2) is 30.1 Å². The van der Waals surface area contributed by atoms with Gasteiger partial charge in [0.2, 0.25) is 0 Å². The predicted molar refractivity (Wildman–Crippen MR) is 73.8 cm³/mol. The van der Waals surface area contributed by atoms with Gasteiger partial charge >= 0.3 is 0 Å². The van der Waals surface area contributed by atoms with Crippen molar-refractivity contribution in [3.8, 4) is 0 Å². The first-order valence-electron chi connectivity index (χ1n) is 6.52. The van der Waals surface area contributed by atoms with Crippen LogP contribution in [0.25, 0.3) is 0 Å². The second-order valence-electron chi connectivity index (χ2n) is 4.77. The topological polar surface area (TPSA) is 103 Å². The van der Waals surface area contributed by atoms with E-state index >= 15 is 0 Å². The number of amides is 1. The Morgan fingerprint density at radius 1 is 1.63 bits per heavy atom. The fourth-order valence-corrected chi connectivity index (χ4v) is 2.39. The van der Waals surface area contributed by atoms with Crippen molar-refractivity contribution in [2.45, 2.75) is 25.9 Å². The van der Waals surface area contributed by atoms with Gasteiger partial charge in [-0.25, -0.2) is 4.98 Å². The highest BCUT2D eigenvalue weighted by atomic mass is 16.5.